The van der Waals surface area contributed by atoms with Crippen molar-refractivity contribution in [2.24, 2.45) is 4.99 Å². The van der Waals surface area contributed by atoms with Gasteiger partial charge in [-0.25, -0.2) is 9.79 Å². The van der Waals surface area contributed by atoms with Gasteiger partial charge in [-0.3, -0.25) is 19.1 Å². The molecule has 1 atom stereocenters. The van der Waals surface area contributed by atoms with E-state index in [1.807, 2.05) is 6.07 Å². The summed E-state index contributed by atoms with van der Waals surface area (Å²) in [5.41, 5.74) is 1.90. The predicted octanol–water partition coefficient (Wildman–Crippen LogP) is 1.73. The lowest BCUT2D eigenvalue weighted by Crippen LogP contribution is -2.39. The molecule has 4 rings (SSSR count). The van der Waals surface area contributed by atoms with Crippen molar-refractivity contribution in [1.29, 1.82) is 0 Å². The number of nitrogens with zero attached hydrogens (tertiary/aromatic N) is 3. The van der Waals surface area contributed by atoms with Gasteiger partial charge in [0.1, 0.15) is 5.75 Å². The number of fused-ring (bicyclic) bond motifs is 1. The number of hydrogen-bond donors (Lipinski definition) is 0. The van der Waals surface area contributed by atoms with E-state index in [-0.39, 0.29) is 11.1 Å². The van der Waals surface area contributed by atoms with E-state index in [4.69, 9.17) is 9.47 Å². The first-order valence-electron chi connectivity index (χ1n) is 9.68. The van der Waals surface area contributed by atoms with Crippen LogP contribution in [0, 0.1) is 0 Å². The van der Waals surface area contributed by atoms with Gasteiger partial charge in [-0.2, -0.15) is 0 Å². The Kier molecular flexibility index (Phi) is 5.83. The molecule has 0 aliphatic carbocycles. The van der Waals surface area contributed by atoms with Gasteiger partial charge < -0.3 is 9.47 Å². The fourth-order valence-corrected chi connectivity index (χ4v) is 4.55. The minimum Gasteiger partial charge on any atom is -0.466 e. The summed E-state index contributed by atoms with van der Waals surface area (Å²) in [6.45, 7) is 3.03. The lowest BCUT2D eigenvalue weighted by molar-refractivity contribution is -0.136. The SMILES string of the molecule is COC(=O)C1=C(C)N=c2s/c(=C/c3cccnc3)c(=O)n2C1c1ccc(OC(C)=O)cc1. The van der Waals surface area contributed by atoms with Crippen LogP contribution in [-0.4, -0.2) is 28.6 Å². The molecular formula is C23H19N3O5S. The maximum absolute atomic E-state index is 13.4. The molecule has 9 heteroatoms. The number of rotatable bonds is 4. The standard InChI is InChI=1S/C23H19N3O5S/c1-13-19(22(29)30-3)20(16-6-8-17(9-7-16)31-14(2)27)26-21(28)18(32-23(26)25-13)11-15-5-4-10-24-12-15/h4-12,20H,1-3H3/b18-11+. The molecule has 0 spiro atoms. The molecule has 0 radical (unpaired) electrons. The van der Waals surface area contributed by atoms with Crippen LogP contribution in [0.5, 0.6) is 5.75 Å². The van der Waals surface area contributed by atoms with Crippen LogP contribution < -0.4 is 19.6 Å². The molecule has 0 bridgehead atoms. The molecule has 8 nitrogen and oxygen atoms in total. The number of carbonyl (C=O) groups excluding carboxylic acids is 2. The first-order valence-corrected chi connectivity index (χ1v) is 10.5. The van der Waals surface area contributed by atoms with Crippen LogP contribution in [0.2, 0.25) is 0 Å². The Bertz CT molecular complexity index is 1400. The molecular weight excluding hydrogens is 430 g/mol. The summed E-state index contributed by atoms with van der Waals surface area (Å²) in [7, 11) is 1.29. The lowest BCUT2D eigenvalue weighted by Gasteiger charge is -2.24. The van der Waals surface area contributed by atoms with Gasteiger partial charge in [0.25, 0.3) is 5.56 Å². The molecule has 1 aromatic carbocycles. The van der Waals surface area contributed by atoms with Crippen LogP contribution >= 0.6 is 11.3 Å². The number of allylic oxidation sites excluding steroid dienone is 1. The van der Waals surface area contributed by atoms with Crippen LogP contribution in [0.3, 0.4) is 0 Å². The highest BCUT2D eigenvalue weighted by Crippen LogP contribution is 2.31. The summed E-state index contributed by atoms with van der Waals surface area (Å²) < 4.78 is 12.1. The molecule has 0 saturated heterocycles. The lowest BCUT2D eigenvalue weighted by atomic mass is 9.96. The average molecular weight is 449 g/mol. The zero-order valence-corrected chi connectivity index (χ0v) is 18.4. The molecule has 1 aliphatic heterocycles. The van der Waals surface area contributed by atoms with Crippen molar-refractivity contribution < 1.29 is 19.1 Å². The molecule has 3 heterocycles. The number of methoxy groups -OCH3 is 1. The molecule has 32 heavy (non-hydrogen) atoms. The second kappa shape index (κ2) is 8.72. The molecule has 1 aliphatic rings. The van der Waals surface area contributed by atoms with Crippen LogP contribution in [-0.2, 0) is 14.3 Å². The summed E-state index contributed by atoms with van der Waals surface area (Å²) in [5.74, 6) is -0.639. The van der Waals surface area contributed by atoms with Gasteiger partial charge in [0, 0.05) is 19.3 Å². The summed E-state index contributed by atoms with van der Waals surface area (Å²) >= 11 is 1.24. The van der Waals surface area contributed by atoms with Crippen molar-refractivity contribution in [1.82, 2.24) is 9.55 Å². The second-order valence-corrected chi connectivity index (χ2v) is 8.03. The van der Waals surface area contributed by atoms with Gasteiger partial charge in [-0.05, 0) is 42.3 Å². The largest absolute Gasteiger partial charge is 0.466 e. The first-order chi connectivity index (χ1) is 15.4. The minimum absolute atomic E-state index is 0.271. The van der Waals surface area contributed by atoms with Crippen LogP contribution in [0.15, 0.2) is 69.8 Å². The molecule has 0 fully saturated rings. The Hall–Kier alpha value is -3.85. The Morgan fingerprint density at radius 2 is 1.94 bits per heavy atom. The van der Waals surface area contributed by atoms with Gasteiger partial charge in [0.2, 0.25) is 0 Å². The van der Waals surface area contributed by atoms with Crippen LogP contribution in [0.4, 0.5) is 0 Å². The number of carbonyl (C=O) groups is 2. The topological polar surface area (TPSA) is 99.9 Å². The normalized spacial score (nSPS) is 15.7. The van der Waals surface area contributed by atoms with Gasteiger partial charge in [0.15, 0.2) is 4.80 Å². The van der Waals surface area contributed by atoms with E-state index in [1.165, 1.54) is 29.9 Å². The monoisotopic (exact) mass is 449 g/mol. The van der Waals surface area contributed by atoms with Crippen LogP contribution in [0.25, 0.3) is 6.08 Å². The Morgan fingerprint density at radius 3 is 2.56 bits per heavy atom. The minimum atomic E-state index is -0.735. The molecule has 3 aromatic rings. The van der Waals surface area contributed by atoms with Crippen molar-refractivity contribution in [3.05, 3.63) is 90.9 Å². The third kappa shape index (κ3) is 4.02. The van der Waals surface area contributed by atoms with E-state index < -0.39 is 18.0 Å². The quantitative estimate of drug-likeness (QED) is 0.444. The Labute approximate surface area is 186 Å². The molecule has 162 valence electrons. The van der Waals surface area contributed by atoms with E-state index >= 15 is 0 Å². The van der Waals surface area contributed by atoms with Crippen molar-refractivity contribution >= 4 is 29.4 Å². The summed E-state index contributed by atoms with van der Waals surface area (Å²) in [6.07, 6.45) is 5.06. The van der Waals surface area contributed by atoms with E-state index in [2.05, 4.69) is 9.98 Å². The molecule has 0 amide bonds. The molecule has 1 unspecified atom stereocenters. The van der Waals surface area contributed by atoms with Crippen molar-refractivity contribution in [2.75, 3.05) is 7.11 Å². The number of esters is 2. The smallest absolute Gasteiger partial charge is 0.338 e. The van der Waals surface area contributed by atoms with Crippen molar-refractivity contribution in [3.63, 3.8) is 0 Å². The van der Waals surface area contributed by atoms with Gasteiger partial charge in [-0.1, -0.05) is 29.5 Å². The highest BCUT2D eigenvalue weighted by Gasteiger charge is 2.33. The molecule has 0 N–H and O–H groups in total. The first kappa shape index (κ1) is 21.4. The fourth-order valence-electron chi connectivity index (χ4n) is 3.50. The summed E-state index contributed by atoms with van der Waals surface area (Å²) in [6, 6.07) is 9.56. The van der Waals surface area contributed by atoms with Crippen molar-refractivity contribution in [3.8, 4) is 5.75 Å². The van der Waals surface area contributed by atoms with E-state index in [1.54, 1.807) is 55.7 Å². The second-order valence-electron chi connectivity index (χ2n) is 7.02. The number of hydrogen-bond acceptors (Lipinski definition) is 8. The molecule has 0 saturated carbocycles. The number of ether oxygens (including phenoxy) is 2. The van der Waals surface area contributed by atoms with Crippen molar-refractivity contribution in [2.45, 2.75) is 19.9 Å². The number of pyridine rings is 1. The Morgan fingerprint density at radius 1 is 1.19 bits per heavy atom. The number of benzene rings is 1. The van der Waals surface area contributed by atoms with E-state index in [9.17, 15) is 14.4 Å². The zero-order valence-electron chi connectivity index (χ0n) is 17.6. The Balaban J connectivity index is 1.91. The zero-order chi connectivity index (χ0) is 22.8. The van der Waals surface area contributed by atoms with Gasteiger partial charge in [0.05, 0.1) is 29.0 Å². The van der Waals surface area contributed by atoms with Crippen LogP contribution in [0.1, 0.15) is 31.0 Å². The third-order valence-electron chi connectivity index (χ3n) is 4.87. The maximum Gasteiger partial charge on any atom is 0.338 e. The van der Waals surface area contributed by atoms with E-state index in [0.717, 1.165) is 5.56 Å². The average Bonchev–Trinajstić information content (AvgIpc) is 3.07. The highest BCUT2D eigenvalue weighted by molar-refractivity contribution is 7.07. The number of aromatic nitrogens is 2. The predicted molar refractivity (Wildman–Crippen MR) is 118 cm³/mol. The van der Waals surface area contributed by atoms with Gasteiger partial charge >= 0.3 is 11.9 Å². The third-order valence-corrected chi connectivity index (χ3v) is 5.85. The maximum atomic E-state index is 13.4. The van der Waals surface area contributed by atoms with E-state index in [0.29, 0.717) is 26.3 Å². The summed E-state index contributed by atoms with van der Waals surface area (Å²) in [4.78, 5) is 46.3. The highest BCUT2D eigenvalue weighted by atomic mass is 32.1. The number of thiazole rings is 1. The molecule has 2 aromatic heterocycles. The summed E-state index contributed by atoms with van der Waals surface area (Å²) in [5, 5.41) is 0. The van der Waals surface area contributed by atoms with Gasteiger partial charge in [-0.15, -0.1) is 0 Å². The fraction of sp³-hybridized carbons (Fsp3) is 0.174.